The highest BCUT2D eigenvalue weighted by Gasteiger charge is 2.32. The molecule has 1 heterocycles. The zero-order chi connectivity index (χ0) is 15.3. The second-order valence-corrected chi connectivity index (χ2v) is 4.22. The van der Waals surface area contributed by atoms with Crippen molar-refractivity contribution in [1.82, 2.24) is 4.98 Å². The summed E-state index contributed by atoms with van der Waals surface area (Å²) in [5.41, 5.74) is 5.28. The summed E-state index contributed by atoms with van der Waals surface area (Å²) in [6, 6.07) is 10.7. The predicted octanol–water partition coefficient (Wildman–Crippen LogP) is 3.17. The van der Waals surface area contributed by atoms with E-state index in [1.807, 2.05) is 0 Å². The van der Waals surface area contributed by atoms with Crippen molar-refractivity contribution < 1.29 is 17.9 Å². The minimum atomic E-state index is -4.45. The molecule has 0 unspecified atom stereocenters. The van der Waals surface area contributed by atoms with Crippen molar-refractivity contribution in [3.63, 3.8) is 0 Å². The number of rotatable bonds is 5. The summed E-state index contributed by atoms with van der Waals surface area (Å²) in [6.45, 7) is 0.564. The molecule has 112 valence electrons. The molecule has 0 atom stereocenters. The molecule has 0 aliphatic carbocycles. The van der Waals surface area contributed by atoms with Crippen LogP contribution in [0.5, 0.6) is 5.75 Å². The molecule has 0 saturated heterocycles. The molecule has 0 aliphatic rings. The van der Waals surface area contributed by atoms with Gasteiger partial charge in [0.05, 0.1) is 12.2 Å². The lowest BCUT2D eigenvalue weighted by atomic mass is 10.3. The van der Waals surface area contributed by atoms with E-state index in [2.05, 4.69) is 10.3 Å². The van der Waals surface area contributed by atoms with Gasteiger partial charge in [0.25, 0.3) is 0 Å². The number of halogens is 3. The average molecular weight is 297 g/mol. The van der Waals surface area contributed by atoms with Crippen molar-refractivity contribution in [3.8, 4) is 5.75 Å². The highest BCUT2D eigenvalue weighted by Crippen LogP contribution is 2.28. The van der Waals surface area contributed by atoms with Crippen molar-refractivity contribution in [3.05, 3.63) is 48.2 Å². The molecule has 1 aromatic heterocycles. The van der Waals surface area contributed by atoms with Crippen LogP contribution in [-0.4, -0.2) is 18.1 Å². The van der Waals surface area contributed by atoms with E-state index in [0.29, 0.717) is 18.0 Å². The molecule has 21 heavy (non-hydrogen) atoms. The Kier molecular flexibility index (Phi) is 4.52. The zero-order valence-electron chi connectivity index (χ0n) is 11.0. The van der Waals surface area contributed by atoms with Gasteiger partial charge in [-0.05, 0) is 24.3 Å². The van der Waals surface area contributed by atoms with E-state index in [0.717, 1.165) is 6.07 Å². The lowest BCUT2D eigenvalue weighted by molar-refractivity contribution is -0.141. The first-order valence-corrected chi connectivity index (χ1v) is 6.22. The molecule has 0 aliphatic heterocycles. The summed E-state index contributed by atoms with van der Waals surface area (Å²) in [6.07, 6.45) is -4.45. The fourth-order valence-electron chi connectivity index (χ4n) is 1.64. The Morgan fingerprint density at radius 1 is 1.10 bits per heavy atom. The Morgan fingerprint density at radius 2 is 1.86 bits per heavy atom. The Morgan fingerprint density at radius 3 is 2.57 bits per heavy atom. The van der Waals surface area contributed by atoms with Gasteiger partial charge in [-0.25, -0.2) is 4.98 Å². The van der Waals surface area contributed by atoms with Crippen LogP contribution in [0.25, 0.3) is 0 Å². The molecular weight excluding hydrogens is 283 g/mol. The van der Waals surface area contributed by atoms with Crippen molar-refractivity contribution in [2.45, 2.75) is 6.18 Å². The molecule has 0 spiro atoms. The fourth-order valence-corrected chi connectivity index (χ4v) is 1.64. The van der Waals surface area contributed by atoms with Crippen LogP contribution < -0.4 is 15.8 Å². The number of aromatic nitrogens is 1. The number of nitrogen functional groups attached to an aromatic ring is 1. The summed E-state index contributed by atoms with van der Waals surface area (Å²) >= 11 is 0. The summed E-state index contributed by atoms with van der Waals surface area (Å²) in [4.78, 5) is 3.49. The van der Waals surface area contributed by atoms with Crippen LogP contribution in [-0.2, 0) is 6.18 Å². The van der Waals surface area contributed by atoms with Crippen LogP contribution in [0.4, 0.5) is 24.7 Å². The van der Waals surface area contributed by atoms with E-state index >= 15 is 0 Å². The molecule has 2 aromatic rings. The predicted molar refractivity (Wildman–Crippen MR) is 74.1 cm³/mol. The Bertz CT molecular complexity index is 602. The molecular formula is C14H14F3N3O. The molecule has 0 amide bonds. The second-order valence-electron chi connectivity index (χ2n) is 4.22. The van der Waals surface area contributed by atoms with E-state index in [-0.39, 0.29) is 12.4 Å². The number of nitrogens with zero attached hydrogens (tertiary/aromatic N) is 1. The Hall–Kier alpha value is -2.44. The van der Waals surface area contributed by atoms with E-state index < -0.39 is 11.9 Å². The molecule has 4 nitrogen and oxygen atoms in total. The molecule has 2 rings (SSSR count). The number of para-hydroxylation sites is 2. The number of nitrogens with two attached hydrogens (primary N) is 1. The highest BCUT2D eigenvalue weighted by atomic mass is 19.4. The lowest BCUT2D eigenvalue weighted by Gasteiger charge is -2.11. The van der Waals surface area contributed by atoms with E-state index in [9.17, 15) is 13.2 Å². The van der Waals surface area contributed by atoms with E-state index in [4.69, 9.17) is 10.5 Å². The quantitative estimate of drug-likeness (QED) is 0.657. The number of pyridine rings is 1. The van der Waals surface area contributed by atoms with Crippen LogP contribution in [0.3, 0.4) is 0 Å². The van der Waals surface area contributed by atoms with Crippen LogP contribution in [0.1, 0.15) is 5.69 Å². The summed E-state index contributed by atoms with van der Waals surface area (Å²) < 4.78 is 42.9. The Balaban J connectivity index is 1.85. The van der Waals surface area contributed by atoms with Gasteiger partial charge in [0.2, 0.25) is 0 Å². The van der Waals surface area contributed by atoms with Crippen molar-refractivity contribution >= 4 is 11.5 Å². The number of benzene rings is 1. The first kappa shape index (κ1) is 15.0. The van der Waals surface area contributed by atoms with Crippen molar-refractivity contribution in [1.29, 1.82) is 0 Å². The third-order valence-electron chi connectivity index (χ3n) is 2.62. The molecule has 0 radical (unpaired) electrons. The van der Waals surface area contributed by atoms with Crippen LogP contribution in [0, 0.1) is 0 Å². The number of hydrogen-bond acceptors (Lipinski definition) is 4. The van der Waals surface area contributed by atoms with Crippen LogP contribution >= 0.6 is 0 Å². The van der Waals surface area contributed by atoms with Gasteiger partial charge >= 0.3 is 6.18 Å². The second kappa shape index (κ2) is 6.34. The summed E-state index contributed by atoms with van der Waals surface area (Å²) in [7, 11) is 0. The number of anilines is 2. The van der Waals surface area contributed by atoms with Crippen molar-refractivity contribution in [2.24, 2.45) is 0 Å². The van der Waals surface area contributed by atoms with Crippen molar-refractivity contribution in [2.75, 3.05) is 24.2 Å². The van der Waals surface area contributed by atoms with Gasteiger partial charge in [-0.3, -0.25) is 0 Å². The molecule has 0 fully saturated rings. The summed E-state index contributed by atoms with van der Waals surface area (Å²) in [5.74, 6) is 0.686. The minimum absolute atomic E-state index is 0.148. The average Bonchev–Trinajstić information content (AvgIpc) is 2.45. The largest absolute Gasteiger partial charge is 0.490 e. The molecule has 0 bridgehead atoms. The number of hydrogen-bond donors (Lipinski definition) is 2. The van der Waals surface area contributed by atoms with Crippen LogP contribution in [0.2, 0.25) is 0 Å². The number of ether oxygens (including phenoxy) is 1. The standard InChI is InChI=1S/C14H14F3N3O/c15-14(16,17)12-6-3-7-13(20-12)19-8-9-21-11-5-2-1-4-10(11)18/h1-7H,8-9,18H2,(H,19,20). The SMILES string of the molecule is Nc1ccccc1OCCNc1cccc(C(F)(F)F)n1. The molecule has 7 heteroatoms. The van der Waals surface area contributed by atoms with E-state index in [1.165, 1.54) is 12.1 Å². The van der Waals surface area contributed by atoms with Gasteiger partial charge < -0.3 is 15.8 Å². The lowest BCUT2D eigenvalue weighted by Crippen LogP contribution is -2.15. The molecule has 3 N–H and O–H groups in total. The first-order chi connectivity index (χ1) is 9.97. The number of nitrogens with one attached hydrogen (secondary N) is 1. The maximum Gasteiger partial charge on any atom is 0.433 e. The van der Waals surface area contributed by atoms with Gasteiger partial charge in [0.15, 0.2) is 0 Å². The van der Waals surface area contributed by atoms with Gasteiger partial charge in [-0.15, -0.1) is 0 Å². The number of alkyl halides is 3. The normalized spacial score (nSPS) is 11.2. The zero-order valence-corrected chi connectivity index (χ0v) is 11.0. The van der Waals surface area contributed by atoms with Gasteiger partial charge in [0.1, 0.15) is 23.9 Å². The van der Waals surface area contributed by atoms with Gasteiger partial charge in [0, 0.05) is 0 Å². The first-order valence-electron chi connectivity index (χ1n) is 6.22. The third kappa shape index (κ3) is 4.27. The maximum absolute atomic E-state index is 12.5. The highest BCUT2D eigenvalue weighted by molar-refractivity contribution is 5.51. The molecule has 0 saturated carbocycles. The van der Waals surface area contributed by atoms with Gasteiger partial charge in [-0.1, -0.05) is 18.2 Å². The fraction of sp³-hybridized carbons (Fsp3) is 0.214. The third-order valence-corrected chi connectivity index (χ3v) is 2.62. The minimum Gasteiger partial charge on any atom is -0.490 e. The monoisotopic (exact) mass is 297 g/mol. The van der Waals surface area contributed by atoms with E-state index in [1.54, 1.807) is 24.3 Å². The molecule has 1 aromatic carbocycles. The summed E-state index contributed by atoms with van der Waals surface area (Å²) in [5, 5.41) is 2.77. The topological polar surface area (TPSA) is 60.2 Å². The van der Waals surface area contributed by atoms with Crippen LogP contribution in [0.15, 0.2) is 42.5 Å². The maximum atomic E-state index is 12.5. The Labute approximate surface area is 119 Å². The smallest absolute Gasteiger partial charge is 0.433 e. The van der Waals surface area contributed by atoms with Gasteiger partial charge in [-0.2, -0.15) is 13.2 Å².